The minimum Gasteiger partial charge on any atom is -0.493 e. The lowest BCUT2D eigenvalue weighted by atomic mass is 10.0. The van der Waals surface area contributed by atoms with Crippen LogP contribution in [-0.4, -0.2) is 94.6 Å². The number of ether oxygens (including phenoxy) is 2. The Bertz CT molecular complexity index is 2100. The fourth-order valence-corrected chi connectivity index (χ4v) is 8.14. The Morgan fingerprint density at radius 3 is 2.69 bits per heavy atom. The molecule has 0 bridgehead atoms. The van der Waals surface area contributed by atoms with Crippen LogP contribution in [0.15, 0.2) is 59.8 Å². The van der Waals surface area contributed by atoms with Crippen molar-refractivity contribution in [1.29, 1.82) is 0 Å². The number of hydrogen-bond donors (Lipinski definition) is 3. The minimum absolute atomic E-state index is 0.00200. The Morgan fingerprint density at radius 1 is 1.07 bits per heavy atom. The molecule has 1 unspecified atom stereocenters. The summed E-state index contributed by atoms with van der Waals surface area (Å²) in [6, 6.07) is 12.9. The number of carbonyl (C=O) groups excluding carboxylic acids is 4. The summed E-state index contributed by atoms with van der Waals surface area (Å²) in [5.74, 6) is 0.869. The smallest absolute Gasteiger partial charge is 0.255 e. The van der Waals surface area contributed by atoms with Gasteiger partial charge < -0.3 is 25.0 Å². The number of hydrogen-bond acceptors (Lipinski definition) is 11. The maximum absolute atomic E-state index is 13.7. The zero-order valence-corrected chi connectivity index (χ0v) is 31.1. The number of carbonyl (C=O) groups is 4. The molecular formula is C38H39ClFN7O6S. The van der Waals surface area contributed by atoms with Crippen molar-refractivity contribution in [1.82, 2.24) is 30.4 Å². The zero-order valence-electron chi connectivity index (χ0n) is 29.5. The average Bonchev–Trinajstić information content (AvgIpc) is 3.50. The topological polar surface area (TPSA) is 155 Å². The van der Waals surface area contributed by atoms with Gasteiger partial charge in [0, 0.05) is 60.2 Å². The van der Waals surface area contributed by atoms with E-state index in [4.69, 9.17) is 21.1 Å². The van der Waals surface area contributed by atoms with E-state index in [2.05, 4.69) is 30.8 Å². The van der Waals surface area contributed by atoms with Crippen LogP contribution in [0.3, 0.4) is 0 Å². The third kappa shape index (κ3) is 8.37. The van der Waals surface area contributed by atoms with E-state index < -0.39 is 17.8 Å². The van der Waals surface area contributed by atoms with Crippen LogP contribution in [0, 0.1) is 5.82 Å². The van der Waals surface area contributed by atoms with E-state index in [0.717, 1.165) is 35.5 Å². The van der Waals surface area contributed by atoms with Gasteiger partial charge in [-0.25, -0.2) is 14.4 Å². The largest absolute Gasteiger partial charge is 0.493 e. The van der Waals surface area contributed by atoms with Gasteiger partial charge in [0.15, 0.2) is 11.5 Å². The highest BCUT2D eigenvalue weighted by Crippen LogP contribution is 2.37. The van der Waals surface area contributed by atoms with Crippen molar-refractivity contribution >= 4 is 69.4 Å². The highest BCUT2D eigenvalue weighted by Gasteiger charge is 2.39. The normalized spacial score (nSPS) is 17.7. The summed E-state index contributed by atoms with van der Waals surface area (Å²) in [5, 5.41) is 9.24. The van der Waals surface area contributed by atoms with Gasteiger partial charge in [0.1, 0.15) is 30.1 Å². The molecule has 2 fully saturated rings. The summed E-state index contributed by atoms with van der Waals surface area (Å²) in [7, 11) is 1.57. The molecule has 0 radical (unpaired) electrons. The number of aromatic nitrogens is 2. The van der Waals surface area contributed by atoms with E-state index in [9.17, 15) is 23.6 Å². The van der Waals surface area contributed by atoms with Crippen LogP contribution >= 0.6 is 23.4 Å². The molecule has 7 rings (SSSR count). The molecule has 1 atom stereocenters. The number of piperidine rings is 2. The van der Waals surface area contributed by atoms with Gasteiger partial charge in [0.25, 0.3) is 5.91 Å². The lowest BCUT2D eigenvalue weighted by Crippen LogP contribution is -2.52. The molecule has 0 saturated carbocycles. The van der Waals surface area contributed by atoms with Gasteiger partial charge in [-0.3, -0.25) is 29.4 Å². The molecule has 1 aromatic heterocycles. The van der Waals surface area contributed by atoms with E-state index >= 15 is 0 Å². The van der Waals surface area contributed by atoms with E-state index in [1.54, 1.807) is 42.0 Å². The first-order valence-corrected chi connectivity index (χ1v) is 19.1. The number of imide groups is 1. The number of methoxy groups -OCH3 is 1. The number of thioether (sulfide) groups is 1. The maximum Gasteiger partial charge on any atom is 0.255 e. The van der Waals surface area contributed by atoms with Gasteiger partial charge in [-0.2, -0.15) is 0 Å². The molecule has 4 aromatic rings. The van der Waals surface area contributed by atoms with Gasteiger partial charge in [0.05, 0.1) is 24.2 Å². The Labute approximate surface area is 320 Å². The van der Waals surface area contributed by atoms with Crippen molar-refractivity contribution < 1.29 is 33.0 Å². The number of rotatable bonds is 13. The van der Waals surface area contributed by atoms with E-state index in [1.807, 2.05) is 18.2 Å². The Hall–Kier alpha value is -4.99. The van der Waals surface area contributed by atoms with Crippen LogP contribution < -0.4 is 25.4 Å². The predicted molar refractivity (Wildman–Crippen MR) is 202 cm³/mol. The Balaban J connectivity index is 0.857. The van der Waals surface area contributed by atoms with Gasteiger partial charge in [-0.15, -0.1) is 11.8 Å². The van der Waals surface area contributed by atoms with Crippen LogP contribution in [0.25, 0.3) is 10.9 Å². The molecule has 3 N–H and O–H groups in total. The number of anilines is 2. The number of likely N-dealkylation sites (tertiary alicyclic amines) is 1. The molecule has 13 nitrogen and oxygen atoms in total. The van der Waals surface area contributed by atoms with Gasteiger partial charge in [-0.05, 0) is 73.4 Å². The first kappa shape index (κ1) is 37.3. The molecule has 3 aliphatic heterocycles. The lowest BCUT2D eigenvalue weighted by molar-refractivity contribution is -0.137. The number of halogens is 2. The number of nitrogens with one attached hydrogen (secondary N) is 3. The monoisotopic (exact) mass is 775 g/mol. The Morgan fingerprint density at radius 2 is 1.91 bits per heavy atom. The number of benzene rings is 3. The lowest BCUT2D eigenvalue weighted by Gasteiger charge is -2.32. The van der Waals surface area contributed by atoms with Gasteiger partial charge in [-0.1, -0.05) is 17.7 Å². The SMILES string of the molecule is COc1cc2ncnc(Nc3ccc(F)c(Cl)c3)c2cc1OC1CCN(CC(=O)NCCCSc2cccc3c2CN(C2CCC(=O)NC2=O)C3=O)CC1. The second-order valence-electron chi connectivity index (χ2n) is 13.3. The van der Waals surface area contributed by atoms with Crippen LogP contribution in [0.5, 0.6) is 11.5 Å². The second kappa shape index (κ2) is 16.6. The highest BCUT2D eigenvalue weighted by molar-refractivity contribution is 7.99. The molecule has 16 heteroatoms. The van der Waals surface area contributed by atoms with Crippen molar-refractivity contribution in [3.05, 3.63) is 76.8 Å². The van der Waals surface area contributed by atoms with Crippen molar-refractivity contribution in [3.63, 3.8) is 0 Å². The molecule has 4 amide bonds. The molecule has 4 heterocycles. The van der Waals surface area contributed by atoms with Crippen LogP contribution in [0.4, 0.5) is 15.9 Å². The average molecular weight is 776 g/mol. The number of fused-ring (bicyclic) bond motifs is 2. The fourth-order valence-electron chi connectivity index (χ4n) is 6.92. The molecule has 0 spiro atoms. The fraction of sp³-hybridized carbons (Fsp3) is 0.368. The molecule has 3 aromatic carbocycles. The molecule has 282 valence electrons. The third-order valence-electron chi connectivity index (χ3n) is 9.74. The summed E-state index contributed by atoms with van der Waals surface area (Å²) in [6.45, 7) is 2.54. The highest BCUT2D eigenvalue weighted by atomic mass is 35.5. The van der Waals surface area contributed by atoms with Crippen LogP contribution in [-0.2, 0) is 20.9 Å². The first-order valence-electron chi connectivity index (χ1n) is 17.8. The van der Waals surface area contributed by atoms with Gasteiger partial charge >= 0.3 is 0 Å². The summed E-state index contributed by atoms with van der Waals surface area (Å²) >= 11 is 7.60. The molecule has 54 heavy (non-hydrogen) atoms. The summed E-state index contributed by atoms with van der Waals surface area (Å²) in [4.78, 5) is 63.3. The first-order chi connectivity index (χ1) is 26.2. The standard InChI is InChI=1S/C38H39ClFN7O6S/c1-52-31-18-29-25(36(43-21-42-29)44-22-6-7-28(40)27(39)16-22)17-32(31)53-23-10-13-46(14-11-23)20-35(49)41-12-3-15-54-33-5-2-4-24-26(33)19-47(38(24)51)30-8-9-34(48)45-37(30)50/h2,4-7,16-18,21,23,30H,3,8-15,19-20H2,1H3,(H,41,49)(H,42,43,44)(H,45,48,50). The molecule has 3 aliphatic rings. The van der Waals surface area contributed by atoms with Crippen LogP contribution in [0.1, 0.15) is 48.0 Å². The second-order valence-corrected chi connectivity index (χ2v) is 14.9. The minimum atomic E-state index is -0.647. The summed E-state index contributed by atoms with van der Waals surface area (Å²) in [5.41, 5.74) is 2.71. The van der Waals surface area contributed by atoms with Crippen molar-refractivity contribution in [2.24, 2.45) is 0 Å². The van der Waals surface area contributed by atoms with Crippen molar-refractivity contribution in [2.45, 2.75) is 55.7 Å². The van der Waals surface area contributed by atoms with E-state index in [-0.39, 0.29) is 35.3 Å². The molecule has 2 saturated heterocycles. The quantitative estimate of drug-likeness (QED) is 0.0947. The summed E-state index contributed by atoms with van der Waals surface area (Å²) < 4.78 is 25.8. The van der Waals surface area contributed by atoms with E-state index in [1.165, 1.54) is 18.5 Å². The van der Waals surface area contributed by atoms with Crippen molar-refractivity contribution in [2.75, 3.05) is 44.4 Å². The Kier molecular flexibility index (Phi) is 11.5. The van der Waals surface area contributed by atoms with Crippen LogP contribution in [0.2, 0.25) is 5.02 Å². The maximum atomic E-state index is 13.7. The number of nitrogens with zero attached hydrogens (tertiary/aromatic N) is 4. The van der Waals surface area contributed by atoms with Crippen molar-refractivity contribution in [3.8, 4) is 11.5 Å². The summed E-state index contributed by atoms with van der Waals surface area (Å²) in [6.07, 6.45) is 4.08. The predicted octanol–water partition coefficient (Wildman–Crippen LogP) is 5.08. The molecule has 0 aliphatic carbocycles. The third-order valence-corrected chi connectivity index (χ3v) is 11.2. The zero-order chi connectivity index (χ0) is 37.8. The molecular weight excluding hydrogens is 737 g/mol. The van der Waals surface area contributed by atoms with Gasteiger partial charge in [0.2, 0.25) is 17.7 Å². The van der Waals surface area contributed by atoms with E-state index in [0.29, 0.717) is 78.6 Å². The number of amides is 4.